The number of allylic oxidation sites excluding steroid dienone is 1. The number of thiazole rings is 1. The van der Waals surface area contributed by atoms with Crippen LogP contribution in [0.1, 0.15) is 21.6 Å². The molecular weight excluding hydrogens is 438 g/mol. The molecule has 162 valence electrons. The number of carbonyl (C=O) groups excluding carboxylic acids is 1. The van der Waals surface area contributed by atoms with Gasteiger partial charge < -0.3 is 5.11 Å². The van der Waals surface area contributed by atoms with Crippen molar-refractivity contribution in [2.45, 2.75) is 6.61 Å². The number of imidazole rings is 1. The van der Waals surface area contributed by atoms with Gasteiger partial charge >= 0.3 is 0 Å². The molecule has 2 heterocycles. The van der Waals surface area contributed by atoms with Crippen LogP contribution in [0.15, 0.2) is 78.3 Å². The Bertz CT molecular complexity index is 1560. The van der Waals surface area contributed by atoms with E-state index in [4.69, 9.17) is 0 Å². The molecule has 0 aliphatic carbocycles. The van der Waals surface area contributed by atoms with E-state index in [0.29, 0.717) is 27.5 Å². The Balaban J connectivity index is 1.56. The third-order valence-electron chi connectivity index (χ3n) is 5.45. The summed E-state index contributed by atoms with van der Waals surface area (Å²) in [4.78, 5) is 29.2. The van der Waals surface area contributed by atoms with Gasteiger partial charge in [0.15, 0.2) is 10.7 Å². The van der Waals surface area contributed by atoms with E-state index in [0.717, 1.165) is 10.8 Å². The van der Waals surface area contributed by atoms with E-state index in [1.54, 1.807) is 18.2 Å². The van der Waals surface area contributed by atoms with Crippen LogP contribution in [0, 0.1) is 10.1 Å². The molecule has 0 spiro atoms. The molecule has 33 heavy (non-hydrogen) atoms. The first kappa shape index (κ1) is 20.7. The van der Waals surface area contributed by atoms with E-state index in [1.165, 1.54) is 29.5 Å². The number of aliphatic hydroxyl groups is 1. The number of fused-ring (bicyclic) bond motifs is 2. The van der Waals surface area contributed by atoms with Gasteiger partial charge in [0.1, 0.15) is 0 Å². The summed E-state index contributed by atoms with van der Waals surface area (Å²) in [6, 6.07) is 18.0. The molecule has 0 bridgehead atoms. The van der Waals surface area contributed by atoms with Gasteiger partial charge in [0, 0.05) is 28.8 Å². The number of nitrogens with zero attached hydrogens (tertiary/aromatic N) is 3. The molecule has 5 rings (SSSR count). The van der Waals surface area contributed by atoms with Crippen molar-refractivity contribution >= 4 is 44.6 Å². The summed E-state index contributed by atoms with van der Waals surface area (Å²) in [5.41, 5.74) is 2.33. The molecule has 0 aliphatic rings. The van der Waals surface area contributed by atoms with Gasteiger partial charge in [0.05, 0.1) is 28.5 Å². The van der Waals surface area contributed by atoms with Gasteiger partial charge in [-0.15, -0.1) is 11.3 Å². The number of rotatable bonds is 6. The Hall–Kier alpha value is -4.14. The Labute approximate surface area is 192 Å². The van der Waals surface area contributed by atoms with Crippen LogP contribution in [0.25, 0.3) is 33.1 Å². The number of nitro groups is 1. The summed E-state index contributed by atoms with van der Waals surface area (Å²) in [5.74, 6) is -0.154. The van der Waals surface area contributed by atoms with Crippen molar-refractivity contribution in [2.24, 2.45) is 0 Å². The molecule has 0 saturated heterocycles. The van der Waals surface area contributed by atoms with E-state index >= 15 is 0 Å². The highest BCUT2D eigenvalue weighted by Crippen LogP contribution is 2.32. The predicted octanol–water partition coefficient (Wildman–Crippen LogP) is 5.51. The van der Waals surface area contributed by atoms with Gasteiger partial charge in [-0.25, -0.2) is 4.98 Å². The quantitative estimate of drug-likeness (QED) is 0.157. The Morgan fingerprint density at radius 1 is 1.12 bits per heavy atom. The summed E-state index contributed by atoms with van der Waals surface area (Å²) in [5, 5.41) is 24.8. The van der Waals surface area contributed by atoms with Crippen molar-refractivity contribution in [1.29, 1.82) is 0 Å². The standard InChI is InChI=1S/C25H17N3O4S/c29-15-20-8-7-19(14-22(20)28(31)32)24-21(27-11-12-33-25(27)26-24)9-10-23(30)18-6-5-16-3-1-2-4-17(16)13-18/h1-14,29H,15H2/b10-9+. The predicted molar refractivity (Wildman–Crippen MR) is 128 cm³/mol. The fraction of sp³-hybridized carbons (Fsp3) is 0.0400. The second-order valence-electron chi connectivity index (χ2n) is 7.42. The van der Waals surface area contributed by atoms with Crippen molar-refractivity contribution in [3.63, 3.8) is 0 Å². The van der Waals surface area contributed by atoms with Crippen LogP contribution in [0.2, 0.25) is 0 Å². The lowest BCUT2D eigenvalue weighted by molar-refractivity contribution is -0.385. The zero-order valence-corrected chi connectivity index (χ0v) is 18.0. The van der Waals surface area contributed by atoms with E-state index in [9.17, 15) is 20.0 Å². The topological polar surface area (TPSA) is 97.7 Å². The fourth-order valence-corrected chi connectivity index (χ4v) is 4.50. The highest BCUT2D eigenvalue weighted by molar-refractivity contribution is 7.15. The molecule has 7 nitrogen and oxygen atoms in total. The minimum absolute atomic E-state index is 0.154. The SMILES string of the molecule is O=C(/C=C/c1c(-c2ccc(CO)c([N+](=O)[O-])c2)nc2sccn12)c1ccc2ccccc2c1. The number of ketones is 1. The molecule has 0 atom stereocenters. The molecule has 5 aromatic rings. The molecule has 2 aromatic heterocycles. The van der Waals surface area contributed by atoms with Crippen molar-refractivity contribution in [1.82, 2.24) is 9.38 Å². The molecule has 0 saturated carbocycles. The monoisotopic (exact) mass is 455 g/mol. The highest BCUT2D eigenvalue weighted by Gasteiger charge is 2.19. The first-order valence-corrected chi connectivity index (χ1v) is 11.0. The van der Waals surface area contributed by atoms with Crippen molar-refractivity contribution in [3.8, 4) is 11.3 Å². The second kappa shape index (κ2) is 8.42. The van der Waals surface area contributed by atoms with Crippen LogP contribution in [0.4, 0.5) is 5.69 Å². The Kier molecular flexibility index (Phi) is 5.29. The first-order chi connectivity index (χ1) is 16.0. The molecule has 3 aromatic carbocycles. The van der Waals surface area contributed by atoms with E-state index in [1.807, 2.05) is 52.4 Å². The lowest BCUT2D eigenvalue weighted by atomic mass is 10.0. The number of hydrogen-bond acceptors (Lipinski definition) is 6. The van der Waals surface area contributed by atoms with Crippen LogP contribution in [0.3, 0.4) is 0 Å². The lowest BCUT2D eigenvalue weighted by Gasteiger charge is -2.04. The van der Waals surface area contributed by atoms with Crippen LogP contribution in [-0.2, 0) is 6.61 Å². The molecule has 0 fully saturated rings. The molecule has 0 radical (unpaired) electrons. The molecule has 0 unspecified atom stereocenters. The summed E-state index contributed by atoms with van der Waals surface area (Å²) < 4.78 is 1.84. The molecule has 1 N–H and O–H groups in total. The van der Waals surface area contributed by atoms with Gasteiger partial charge in [-0.1, -0.05) is 42.5 Å². The lowest BCUT2D eigenvalue weighted by Crippen LogP contribution is -1.97. The van der Waals surface area contributed by atoms with Crippen LogP contribution < -0.4 is 0 Å². The van der Waals surface area contributed by atoms with E-state index < -0.39 is 11.5 Å². The van der Waals surface area contributed by atoms with Gasteiger partial charge in [0.2, 0.25) is 0 Å². The third kappa shape index (κ3) is 3.82. The summed E-state index contributed by atoms with van der Waals surface area (Å²) >= 11 is 1.43. The van der Waals surface area contributed by atoms with Crippen molar-refractivity contribution in [2.75, 3.05) is 0 Å². The minimum Gasteiger partial charge on any atom is -0.391 e. The largest absolute Gasteiger partial charge is 0.391 e. The van der Waals surface area contributed by atoms with Gasteiger partial charge in [-0.2, -0.15) is 0 Å². The van der Waals surface area contributed by atoms with Gasteiger partial charge in [0.25, 0.3) is 5.69 Å². The number of carbonyl (C=O) groups is 1. The zero-order chi connectivity index (χ0) is 22.9. The summed E-state index contributed by atoms with van der Waals surface area (Å²) in [7, 11) is 0. The van der Waals surface area contributed by atoms with Gasteiger partial charge in [-0.3, -0.25) is 19.3 Å². The number of hydrogen-bond donors (Lipinski definition) is 1. The van der Waals surface area contributed by atoms with Crippen LogP contribution >= 0.6 is 11.3 Å². The summed E-state index contributed by atoms with van der Waals surface area (Å²) in [6.07, 6.45) is 5.02. The third-order valence-corrected chi connectivity index (χ3v) is 6.21. The molecule has 0 amide bonds. The normalized spacial score (nSPS) is 11.5. The second-order valence-corrected chi connectivity index (χ2v) is 8.29. The van der Waals surface area contributed by atoms with Gasteiger partial charge in [-0.05, 0) is 35.1 Å². The zero-order valence-electron chi connectivity index (χ0n) is 17.2. The molecule has 0 aliphatic heterocycles. The maximum atomic E-state index is 12.9. The number of aliphatic hydroxyl groups excluding tert-OH is 1. The maximum absolute atomic E-state index is 12.9. The maximum Gasteiger partial charge on any atom is 0.275 e. The van der Waals surface area contributed by atoms with Crippen LogP contribution in [0.5, 0.6) is 0 Å². The van der Waals surface area contributed by atoms with Crippen molar-refractivity contribution < 1.29 is 14.8 Å². The number of benzene rings is 3. The minimum atomic E-state index is -0.522. The smallest absolute Gasteiger partial charge is 0.275 e. The molecule has 8 heteroatoms. The summed E-state index contributed by atoms with van der Waals surface area (Å²) in [6.45, 7) is -0.429. The molecular formula is C25H17N3O4S. The van der Waals surface area contributed by atoms with E-state index in [2.05, 4.69) is 4.98 Å². The Morgan fingerprint density at radius 3 is 2.73 bits per heavy atom. The number of aromatic nitrogens is 2. The Morgan fingerprint density at radius 2 is 1.94 bits per heavy atom. The van der Waals surface area contributed by atoms with Crippen LogP contribution in [-0.4, -0.2) is 25.2 Å². The first-order valence-electron chi connectivity index (χ1n) is 10.1. The fourth-order valence-electron chi connectivity index (χ4n) is 3.78. The average Bonchev–Trinajstić information content (AvgIpc) is 3.43. The average molecular weight is 455 g/mol. The number of nitro benzene ring substituents is 1. The highest BCUT2D eigenvalue weighted by atomic mass is 32.1. The van der Waals surface area contributed by atoms with E-state index in [-0.39, 0.29) is 17.0 Å². The van der Waals surface area contributed by atoms with Crippen molar-refractivity contribution in [3.05, 3.63) is 105 Å².